The smallest absolute Gasteiger partial charge is 0.211 e. The summed E-state index contributed by atoms with van der Waals surface area (Å²) < 4.78 is 25.0. The van der Waals surface area contributed by atoms with Crippen LogP contribution in [0.2, 0.25) is 0 Å². The summed E-state index contributed by atoms with van der Waals surface area (Å²) >= 11 is 0. The molecule has 0 aromatic rings. The second-order valence-corrected chi connectivity index (χ2v) is 5.60. The van der Waals surface area contributed by atoms with Gasteiger partial charge < -0.3 is 0 Å². The largest absolute Gasteiger partial charge is 0.224 e. The fourth-order valence-electron chi connectivity index (χ4n) is 1.88. The molecule has 0 aliphatic heterocycles. The molecule has 0 N–H and O–H groups in total. The van der Waals surface area contributed by atoms with Crippen LogP contribution in [0.5, 0.6) is 0 Å². The Bertz CT molecular complexity index is 230. The Morgan fingerprint density at radius 1 is 1.23 bits per heavy atom. The van der Waals surface area contributed by atoms with Gasteiger partial charge in [0.15, 0.2) is 0 Å². The minimum absolute atomic E-state index is 0.490. The summed E-state index contributed by atoms with van der Waals surface area (Å²) in [4.78, 5) is 0. The zero-order chi connectivity index (χ0) is 9.73. The molecule has 1 rings (SSSR count). The molecular weight excluding hydrogens is 186 g/mol. The van der Waals surface area contributed by atoms with Crippen LogP contribution >= 0.6 is 0 Å². The van der Waals surface area contributed by atoms with Crippen LogP contribution in [0.3, 0.4) is 0 Å². The van der Waals surface area contributed by atoms with Gasteiger partial charge in [0.25, 0.3) is 0 Å². The average molecular weight is 204 g/mol. The Kier molecular flexibility index (Phi) is 4.19. The van der Waals surface area contributed by atoms with Gasteiger partial charge in [-0.3, -0.25) is 0 Å². The van der Waals surface area contributed by atoms with Gasteiger partial charge in [-0.25, -0.2) is 8.42 Å². The van der Waals surface area contributed by atoms with E-state index >= 15 is 0 Å². The average Bonchev–Trinajstić information content (AvgIpc) is 2.04. The van der Waals surface area contributed by atoms with Gasteiger partial charge >= 0.3 is 0 Å². The number of rotatable bonds is 4. The molecule has 3 nitrogen and oxygen atoms in total. The molecule has 4 heteroatoms. The molecular formula is C9H18NO2S. The maximum atomic E-state index is 10.7. The van der Waals surface area contributed by atoms with Crippen molar-refractivity contribution in [3.8, 4) is 0 Å². The zero-order valence-corrected chi connectivity index (χ0v) is 9.02. The van der Waals surface area contributed by atoms with Crippen molar-refractivity contribution in [1.29, 1.82) is 0 Å². The maximum Gasteiger partial charge on any atom is 0.224 e. The normalized spacial score (nSPS) is 20.4. The molecule has 1 aliphatic carbocycles. The summed E-state index contributed by atoms with van der Waals surface area (Å²) in [5, 5.41) is 0. The van der Waals surface area contributed by atoms with Gasteiger partial charge in [-0.15, -0.1) is 4.72 Å². The van der Waals surface area contributed by atoms with E-state index in [9.17, 15) is 8.42 Å². The number of nitrogens with zero attached hydrogens (tertiary/aromatic N) is 1. The summed E-state index contributed by atoms with van der Waals surface area (Å²) in [6.07, 6.45) is 8.60. The summed E-state index contributed by atoms with van der Waals surface area (Å²) in [7, 11) is -3.10. The van der Waals surface area contributed by atoms with Crippen LogP contribution < -0.4 is 4.72 Å². The third-order valence-corrected chi connectivity index (χ3v) is 3.24. The molecule has 1 fully saturated rings. The lowest BCUT2D eigenvalue weighted by molar-refractivity contribution is 0.339. The molecule has 13 heavy (non-hydrogen) atoms. The van der Waals surface area contributed by atoms with E-state index in [0.717, 1.165) is 18.6 Å². The molecule has 0 saturated heterocycles. The van der Waals surface area contributed by atoms with Gasteiger partial charge in [0.05, 0.1) is 6.26 Å². The van der Waals surface area contributed by atoms with E-state index in [1.807, 2.05) is 0 Å². The highest BCUT2D eigenvalue weighted by molar-refractivity contribution is 7.88. The predicted octanol–water partition coefficient (Wildman–Crippen LogP) is 1.52. The predicted molar refractivity (Wildman–Crippen MR) is 53.0 cm³/mol. The van der Waals surface area contributed by atoms with E-state index in [2.05, 4.69) is 4.72 Å². The topological polar surface area (TPSA) is 48.2 Å². The van der Waals surface area contributed by atoms with Crippen LogP contribution in [0.4, 0.5) is 0 Å². The molecule has 0 aromatic carbocycles. The van der Waals surface area contributed by atoms with Gasteiger partial charge in [0, 0.05) is 6.54 Å². The van der Waals surface area contributed by atoms with Gasteiger partial charge in [-0.1, -0.05) is 32.1 Å². The molecule has 0 unspecified atom stereocenters. The van der Waals surface area contributed by atoms with Crippen LogP contribution in [0, 0.1) is 5.92 Å². The second kappa shape index (κ2) is 4.96. The molecule has 1 saturated carbocycles. The lowest BCUT2D eigenvalue weighted by atomic mass is 9.87. The summed E-state index contributed by atoms with van der Waals surface area (Å²) in [5.41, 5.74) is 0. The maximum absolute atomic E-state index is 10.7. The van der Waals surface area contributed by atoms with Crippen molar-refractivity contribution in [2.24, 2.45) is 5.92 Å². The van der Waals surface area contributed by atoms with Crippen LogP contribution in [-0.4, -0.2) is 21.2 Å². The van der Waals surface area contributed by atoms with Gasteiger partial charge in [-0.05, 0) is 12.3 Å². The number of sulfonamides is 1. The molecule has 1 radical (unpaired) electrons. The highest BCUT2D eigenvalue weighted by Gasteiger charge is 2.13. The SMILES string of the molecule is CS(=O)(=O)[N]CCC1CCCCC1. The molecule has 0 spiro atoms. The highest BCUT2D eigenvalue weighted by Crippen LogP contribution is 2.25. The van der Waals surface area contributed by atoms with Crippen molar-refractivity contribution in [3.63, 3.8) is 0 Å². The highest BCUT2D eigenvalue weighted by atomic mass is 32.2. The van der Waals surface area contributed by atoms with E-state index in [4.69, 9.17) is 0 Å². The van der Waals surface area contributed by atoms with Crippen molar-refractivity contribution < 1.29 is 8.42 Å². The Hall–Kier alpha value is -0.0900. The fraction of sp³-hybridized carbons (Fsp3) is 1.00. The van der Waals surface area contributed by atoms with Crippen molar-refractivity contribution >= 4 is 10.0 Å². The molecule has 77 valence electrons. The molecule has 0 bridgehead atoms. The van der Waals surface area contributed by atoms with Crippen LogP contribution in [0.15, 0.2) is 0 Å². The lowest BCUT2D eigenvalue weighted by Gasteiger charge is -2.20. The number of hydrogen-bond donors (Lipinski definition) is 0. The first kappa shape index (κ1) is 11.0. The minimum Gasteiger partial charge on any atom is -0.211 e. The van der Waals surface area contributed by atoms with E-state index in [-0.39, 0.29) is 0 Å². The van der Waals surface area contributed by atoms with E-state index in [1.165, 1.54) is 32.1 Å². The Morgan fingerprint density at radius 3 is 2.38 bits per heavy atom. The van der Waals surface area contributed by atoms with Gasteiger partial charge in [0.2, 0.25) is 10.0 Å². The van der Waals surface area contributed by atoms with Gasteiger partial charge in [0.1, 0.15) is 0 Å². The number of hydrogen-bond acceptors (Lipinski definition) is 2. The summed E-state index contributed by atoms with van der Waals surface area (Å²) in [6, 6.07) is 0. The second-order valence-electron chi connectivity index (χ2n) is 3.88. The Labute approximate surface area is 81.0 Å². The Balaban J connectivity index is 2.11. The third-order valence-electron chi connectivity index (χ3n) is 2.59. The quantitative estimate of drug-likeness (QED) is 0.697. The molecule has 0 aromatic heterocycles. The zero-order valence-electron chi connectivity index (χ0n) is 8.20. The van der Waals surface area contributed by atoms with Crippen molar-refractivity contribution in [3.05, 3.63) is 0 Å². The van der Waals surface area contributed by atoms with Crippen molar-refractivity contribution in [2.75, 3.05) is 12.8 Å². The minimum atomic E-state index is -3.10. The summed E-state index contributed by atoms with van der Waals surface area (Å²) in [5.74, 6) is 0.722. The van der Waals surface area contributed by atoms with E-state index in [1.54, 1.807) is 0 Å². The molecule has 1 aliphatic rings. The molecule has 0 heterocycles. The van der Waals surface area contributed by atoms with Crippen LogP contribution in [-0.2, 0) is 10.0 Å². The summed E-state index contributed by atoms with van der Waals surface area (Å²) in [6.45, 7) is 0.490. The standard InChI is InChI=1S/C9H18NO2S/c1-13(11,12)10-8-7-9-5-3-2-4-6-9/h9H,2-8H2,1H3. The van der Waals surface area contributed by atoms with Crippen LogP contribution in [0.25, 0.3) is 0 Å². The van der Waals surface area contributed by atoms with E-state index < -0.39 is 10.0 Å². The van der Waals surface area contributed by atoms with Crippen molar-refractivity contribution in [1.82, 2.24) is 4.72 Å². The first-order chi connectivity index (χ1) is 6.08. The first-order valence-corrected chi connectivity index (χ1v) is 6.81. The molecule has 0 amide bonds. The Morgan fingerprint density at radius 2 is 1.85 bits per heavy atom. The van der Waals surface area contributed by atoms with Crippen molar-refractivity contribution in [2.45, 2.75) is 38.5 Å². The monoisotopic (exact) mass is 204 g/mol. The van der Waals surface area contributed by atoms with E-state index in [0.29, 0.717) is 6.54 Å². The third kappa shape index (κ3) is 5.26. The van der Waals surface area contributed by atoms with Gasteiger partial charge in [-0.2, -0.15) is 0 Å². The van der Waals surface area contributed by atoms with Crippen LogP contribution in [0.1, 0.15) is 38.5 Å². The lowest BCUT2D eigenvalue weighted by Crippen LogP contribution is -2.18. The fourth-order valence-corrected chi connectivity index (χ4v) is 2.31. The molecule has 0 atom stereocenters. The first-order valence-electron chi connectivity index (χ1n) is 4.97.